The number of halogens is 1. The number of nitrogens with zero attached hydrogens (tertiary/aromatic N) is 1. The van der Waals surface area contributed by atoms with Crippen LogP contribution in [0.1, 0.15) is 20.7 Å². The van der Waals surface area contributed by atoms with Crippen LogP contribution in [0, 0.1) is 0 Å². The Hall–Kier alpha value is -2.54. The van der Waals surface area contributed by atoms with E-state index < -0.39 is 0 Å². The van der Waals surface area contributed by atoms with E-state index in [9.17, 15) is 9.59 Å². The van der Waals surface area contributed by atoms with Crippen LogP contribution in [0.2, 0.25) is 0 Å². The summed E-state index contributed by atoms with van der Waals surface area (Å²) in [6.07, 6.45) is 0. The number of anilines is 1. The fourth-order valence-electron chi connectivity index (χ4n) is 2.22. The lowest BCUT2D eigenvalue weighted by Gasteiger charge is -2.18. The van der Waals surface area contributed by atoms with Gasteiger partial charge in [0.1, 0.15) is 0 Å². The summed E-state index contributed by atoms with van der Waals surface area (Å²) in [6, 6.07) is 10.1. The molecule has 0 aliphatic rings. The number of carbonyl (C=O) groups excluding carboxylic acids is 2. The van der Waals surface area contributed by atoms with Crippen molar-refractivity contribution >= 4 is 33.4 Å². The van der Waals surface area contributed by atoms with E-state index >= 15 is 0 Å². The first-order valence-electron chi connectivity index (χ1n) is 7.42. The Morgan fingerprint density at radius 3 is 2.24 bits per heavy atom. The third kappa shape index (κ3) is 4.30. The molecule has 0 atom stereocenters. The molecular formula is C18H19BrN2O4. The zero-order valence-electron chi connectivity index (χ0n) is 14.4. The van der Waals surface area contributed by atoms with Gasteiger partial charge >= 0.3 is 0 Å². The Morgan fingerprint density at radius 1 is 1.04 bits per heavy atom. The second-order valence-corrected chi connectivity index (χ2v) is 6.33. The summed E-state index contributed by atoms with van der Waals surface area (Å²) in [7, 11) is 6.25. The van der Waals surface area contributed by atoms with Crippen LogP contribution in [0.4, 0.5) is 5.69 Å². The van der Waals surface area contributed by atoms with Gasteiger partial charge in [-0.05, 0) is 24.3 Å². The lowest BCUT2D eigenvalue weighted by molar-refractivity contribution is 0.0828. The summed E-state index contributed by atoms with van der Waals surface area (Å²) < 4.78 is 11.3. The molecule has 0 aromatic heterocycles. The second-order valence-electron chi connectivity index (χ2n) is 5.42. The fourth-order valence-corrected chi connectivity index (χ4v) is 2.62. The molecule has 6 nitrogen and oxygen atoms in total. The summed E-state index contributed by atoms with van der Waals surface area (Å²) in [5, 5.41) is 2.77. The number of carbonyl (C=O) groups is 2. The van der Waals surface area contributed by atoms with E-state index in [1.807, 2.05) is 6.07 Å². The van der Waals surface area contributed by atoms with Gasteiger partial charge in [-0.2, -0.15) is 0 Å². The van der Waals surface area contributed by atoms with E-state index in [0.717, 1.165) is 4.47 Å². The molecule has 25 heavy (non-hydrogen) atoms. The normalized spacial score (nSPS) is 10.1. The van der Waals surface area contributed by atoms with E-state index in [1.54, 1.807) is 44.4 Å². The zero-order valence-corrected chi connectivity index (χ0v) is 16.0. The predicted molar refractivity (Wildman–Crippen MR) is 99.7 cm³/mol. The van der Waals surface area contributed by atoms with E-state index in [2.05, 4.69) is 21.2 Å². The number of hydrogen-bond acceptors (Lipinski definition) is 4. The van der Waals surface area contributed by atoms with Crippen molar-refractivity contribution in [2.45, 2.75) is 0 Å². The molecule has 0 radical (unpaired) electrons. The van der Waals surface area contributed by atoms with E-state index in [-0.39, 0.29) is 11.8 Å². The lowest BCUT2D eigenvalue weighted by atomic mass is 10.1. The average molecular weight is 407 g/mol. The minimum absolute atomic E-state index is 0.259. The Kier molecular flexibility index (Phi) is 6.03. The van der Waals surface area contributed by atoms with Crippen molar-refractivity contribution in [3.8, 4) is 11.5 Å². The van der Waals surface area contributed by atoms with E-state index in [4.69, 9.17) is 9.47 Å². The quantitative estimate of drug-likeness (QED) is 0.825. The highest BCUT2D eigenvalue weighted by molar-refractivity contribution is 9.10. The molecular weight excluding hydrogens is 388 g/mol. The molecule has 132 valence electrons. The maximum atomic E-state index is 12.5. The Balaban J connectivity index is 2.47. The highest BCUT2D eigenvalue weighted by Gasteiger charge is 2.20. The minimum Gasteiger partial charge on any atom is -0.493 e. The van der Waals surface area contributed by atoms with Gasteiger partial charge in [0, 0.05) is 30.2 Å². The van der Waals surface area contributed by atoms with Crippen LogP contribution in [0.25, 0.3) is 0 Å². The third-order valence-corrected chi connectivity index (χ3v) is 3.99. The predicted octanol–water partition coefficient (Wildman–Crippen LogP) is 3.42. The van der Waals surface area contributed by atoms with Crippen molar-refractivity contribution in [1.29, 1.82) is 0 Å². The van der Waals surface area contributed by atoms with Crippen molar-refractivity contribution in [3.05, 3.63) is 52.0 Å². The maximum Gasteiger partial charge on any atom is 0.255 e. The summed E-state index contributed by atoms with van der Waals surface area (Å²) in [5.41, 5.74) is 1.12. The monoisotopic (exact) mass is 406 g/mol. The number of benzene rings is 2. The SMILES string of the molecule is COc1cc(NC(=O)c2cccc(Br)c2)c(C(=O)N(C)C)cc1OC. The van der Waals surface area contributed by atoms with Crippen molar-refractivity contribution in [2.75, 3.05) is 33.6 Å². The lowest BCUT2D eigenvalue weighted by Crippen LogP contribution is -2.24. The van der Waals surface area contributed by atoms with Crippen LogP contribution in [-0.4, -0.2) is 45.0 Å². The Morgan fingerprint density at radius 2 is 1.68 bits per heavy atom. The first kappa shape index (κ1) is 18.8. The van der Waals surface area contributed by atoms with Gasteiger partial charge in [0.25, 0.3) is 11.8 Å². The fraction of sp³-hybridized carbons (Fsp3) is 0.222. The van der Waals surface area contributed by atoms with Gasteiger partial charge in [-0.1, -0.05) is 22.0 Å². The molecule has 0 aliphatic heterocycles. The average Bonchev–Trinajstić information content (AvgIpc) is 2.60. The number of ether oxygens (including phenoxy) is 2. The molecule has 1 N–H and O–H groups in total. The first-order valence-corrected chi connectivity index (χ1v) is 8.21. The summed E-state index contributed by atoms with van der Waals surface area (Å²) >= 11 is 3.34. The largest absolute Gasteiger partial charge is 0.493 e. The third-order valence-electron chi connectivity index (χ3n) is 3.50. The minimum atomic E-state index is -0.332. The smallest absolute Gasteiger partial charge is 0.255 e. The summed E-state index contributed by atoms with van der Waals surface area (Å²) in [6.45, 7) is 0. The molecule has 0 fully saturated rings. The van der Waals surface area contributed by atoms with Crippen LogP contribution in [0.3, 0.4) is 0 Å². The standard InChI is InChI=1S/C18H19BrN2O4/c1-21(2)18(23)13-9-15(24-3)16(25-4)10-14(13)20-17(22)11-6-5-7-12(19)8-11/h5-10H,1-4H3,(H,20,22). The highest BCUT2D eigenvalue weighted by Crippen LogP contribution is 2.34. The topological polar surface area (TPSA) is 67.9 Å². The van der Waals surface area contributed by atoms with Gasteiger partial charge in [-0.3, -0.25) is 9.59 Å². The Labute approximate surface area is 154 Å². The van der Waals surface area contributed by atoms with Crippen LogP contribution in [0.5, 0.6) is 11.5 Å². The summed E-state index contributed by atoms with van der Waals surface area (Å²) in [5.74, 6) is 0.238. The molecule has 2 amide bonds. The molecule has 0 saturated carbocycles. The molecule has 0 saturated heterocycles. The first-order chi connectivity index (χ1) is 11.9. The number of hydrogen-bond donors (Lipinski definition) is 1. The maximum absolute atomic E-state index is 12.5. The number of rotatable bonds is 5. The molecule has 2 aromatic carbocycles. The zero-order chi connectivity index (χ0) is 18.6. The van der Waals surface area contributed by atoms with Crippen LogP contribution < -0.4 is 14.8 Å². The molecule has 0 aliphatic carbocycles. The molecule has 2 aromatic rings. The Bertz CT molecular complexity index is 806. The van der Waals surface area contributed by atoms with Gasteiger partial charge in [0.2, 0.25) is 0 Å². The molecule has 0 bridgehead atoms. The van der Waals surface area contributed by atoms with Crippen molar-refractivity contribution < 1.29 is 19.1 Å². The highest BCUT2D eigenvalue weighted by atomic mass is 79.9. The van der Waals surface area contributed by atoms with Gasteiger partial charge in [-0.15, -0.1) is 0 Å². The van der Waals surface area contributed by atoms with E-state index in [0.29, 0.717) is 28.3 Å². The van der Waals surface area contributed by atoms with Gasteiger partial charge in [-0.25, -0.2) is 0 Å². The van der Waals surface area contributed by atoms with Crippen molar-refractivity contribution in [2.24, 2.45) is 0 Å². The van der Waals surface area contributed by atoms with Gasteiger partial charge < -0.3 is 19.7 Å². The van der Waals surface area contributed by atoms with Gasteiger partial charge in [0.05, 0.1) is 25.5 Å². The molecule has 0 heterocycles. The molecule has 2 rings (SSSR count). The van der Waals surface area contributed by atoms with Gasteiger partial charge in [0.15, 0.2) is 11.5 Å². The number of amides is 2. The van der Waals surface area contributed by atoms with Crippen LogP contribution in [0.15, 0.2) is 40.9 Å². The molecule has 0 unspecified atom stereocenters. The van der Waals surface area contributed by atoms with Crippen molar-refractivity contribution in [1.82, 2.24) is 4.90 Å². The van der Waals surface area contributed by atoms with Crippen molar-refractivity contribution in [3.63, 3.8) is 0 Å². The van der Waals surface area contributed by atoms with E-state index in [1.165, 1.54) is 19.1 Å². The number of nitrogens with one attached hydrogen (secondary N) is 1. The molecule has 7 heteroatoms. The van der Waals surface area contributed by atoms with Crippen LogP contribution >= 0.6 is 15.9 Å². The summed E-state index contributed by atoms with van der Waals surface area (Å²) in [4.78, 5) is 26.4. The van der Waals surface area contributed by atoms with Crippen LogP contribution in [-0.2, 0) is 0 Å². The second kappa shape index (κ2) is 8.02. The number of methoxy groups -OCH3 is 2. The molecule has 0 spiro atoms.